The molecule has 3 N–H and O–H groups in total. The maximum absolute atomic E-state index is 12.2. The largest absolute Gasteiger partial charge is 0.478 e. The molecule has 0 aromatic carbocycles. The molecular weight excluding hydrogens is 292 g/mol. The lowest BCUT2D eigenvalue weighted by Gasteiger charge is -2.03. The summed E-state index contributed by atoms with van der Waals surface area (Å²) in [4.78, 5) is 35.0. The molecule has 0 unspecified atom stereocenters. The van der Waals surface area contributed by atoms with E-state index >= 15 is 0 Å². The zero-order valence-electron chi connectivity index (χ0n) is 12.1. The van der Waals surface area contributed by atoms with Crippen LogP contribution in [0.15, 0.2) is 12.4 Å². The molecular formula is C12H14N6O4. The van der Waals surface area contributed by atoms with Crippen molar-refractivity contribution in [3.05, 3.63) is 29.3 Å². The third kappa shape index (κ3) is 2.80. The third-order valence-corrected chi connectivity index (χ3v) is 2.79. The van der Waals surface area contributed by atoms with Crippen LogP contribution in [-0.4, -0.2) is 49.5 Å². The smallest absolute Gasteiger partial charge is 0.339 e. The van der Waals surface area contributed by atoms with Crippen molar-refractivity contribution in [2.45, 2.75) is 0 Å². The van der Waals surface area contributed by atoms with Crippen molar-refractivity contribution < 1.29 is 19.5 Å². The molecule has 0 spiro atoms. The average Bonchev–Trinajstić information content (AvgIpc) is 3.01. The van der Waals surface area contributed by atoms with E-state index in [1.54, 1.807) is 7.05 Å². The van der Waals surface area contributed by atoms with E-state index in [4.69, 9.17) is 5.11 Å². The van der Waals surface area contributed by atoms with Crippen molar-refractivity contribution in [3.63, 3.8) is 0 Å². The Labute approximate surface area is 124 Å². The molecule has 0 saturated heterocycles. The van der Waals surface area contributed by atoms with E-state index < -0.39 is 17.8 Å². The van der Waals surface area contributed by atoms with Crippen LogP contribution in [-0.2, 0) is 14.1 Å². The van der Waals surface area contributed by atoms with Crippen LogP contribution >= 0.6 is 0 Å². The molecule has 0 fully saturated rings. The van der Waals surface area contributed by atoms with E-state index in [0.29, 0.717) is 0 Å². The number of carboxylic acid groups (broad SMARTS) is 1. The lowest BCUT2D eigenvalue weighted by molar-refractivity contribution is 0.0692. The number of hydrogen-bond acceptors (Lipinski definition) is 5. The fraction of sp³-hybridized carbons (Fsp3) is 0.250. The van der Waals surface area contributed by atoms with Gasteiger partial charge >= 0.3 is 5.97 Å². The number of amides is 2. The van der Waals surface area contributed by atoms with Gasteiger partial charge in [-0.1, -0.05) is 0 Å². The van der Waals surface area contributed by atoms with E-state index in [1.165, 1.54) is 35.9 Å². The molecule has 0 radical (unpaired) electrons. The number of carbonyl (C=O) groups excluding carboxylic acids is 2. The van der Waals surface area contributed by atoms with Gasteiger partial charge in [0.25, 0.3) is 11.8 Å². The number of carboxylic acids is 1. The Hall–Kier alpha value is -3.17. The number of anilines is 1. The van der Waals surface area contributed by atoms with Gasteiger partial charge < -0.3 is 15.7 Å². The predicted octanol–water partition coefficient (Wildman–Crippen LogP) is -0.536. The van der Waals surface area contributed by atoms with Crippen molar-refractivity contribution in [1.29, 1.82) is 0 Å². The first-order chi connectivity index (χ1) is 10.3. The van der Waals surface area contributed by atoms with Gasteiger partial charge in [0.1, 0.15) is 5.56 Å². The standard InChI is InChI=1S/C12H14N6O4/c1-13-10(19)9-7(5-18(3)16-9)14-11(20)8-6(12(21)22)4-17(2)15-8/h4-5H,1-3H3,(H,13,19)(H,14,20)(H,21,22). The minimum atomic E-state index is -1.27. The van der Waals surface area contributed by atoms with Crippen LogP contribution in [0.2, 0.25) is 0 Å². The summed E-state index contributed by atoms with van der Waals surface area (Å²) in [6.45, 7) is 0. The second-order valence-electron chi connectivity index (χ2n) is 4.47. The molecule has 2 heterocycles. The number of nitrogens with zero attached hydrogens (tertiary/aromatic N) is 4. The Morgan fingerprint density at radius 2 is 1.64 bits per heavy atom. The number of aromatic nitrogens is 4. The van der Waals surface area contributed by atoms with Gasteiger partial charge in [0.05, 0.1) is 5.69 Å². The number of nitrogens with one attached hydrogen (secondary N) is 2. The molecule has 2 rings (SSSR count). The predicted molar refractivity (Wildman–Crippen MR) is 74.7 cm³/mol. The maximum Gasteiger partial charge on any atom is 0.339 e. The lowest BCUT2D eigenvalue weighted by atomic mass is 10.2. The average molecular weight is 306 g/mol. The second-order valence-corrected chi connectivity index (χ2v) is 4.47. The van der Waals surface area contributed by atoms with Gasteiger partial charge in [-0.25, -0.2) is 4.79 Å². The summed E-state index contributed by atoms with van der Waals surface area (Å²) < 4.78 is 2.58. The van der Waals surface area contributed by atoms with Gasteiger partial charge in [-0.05, 0) is 0 Å². The van der Waals surface area contributed by atoms with Crippen LogP contribution < -0.4 is 10.6 Å². The quantitative estimate of drug-likeness (QED) is 0.695. The Morgan fingerprint density at radius 1 is 1.05 bits per heavy atom. The molecule has 10 nitrogen and oxygen atoms in total. The summed E-state index contributed by atoms with van der Waals surface area (Å²) in [6.07, 6.45) is 2.66. The third-order valence-electron chi connectivity index (χ3n) is 2.79. The number of rotatable bonds is 4. The Balaban J connectivity index is 2.34. The van der Waals surface area contributed by atoms with E-state index in [2.05, 4.69) is 20.8 Å². The van der Waals surface area contributed by atoms with Gasteiger partial charge in [0, 0.05) is 33.5 Å². The first-order valence-corrected chi connectivity index (χ1v) is 6.17. The summed E-state index contributed by atoms with van der Waals surface area (Å²) in [5, 5.41) is 21.7. The topological polar surface area (TPSA) is 131 Å². The number of aryl methyl sites for hydroxylation is 2. The molecule has 2 amide bonds. The fourth-order valence-corrected chi connectivity index (χ4v) is 1.86. The van der Waals surface area contributed by atoms with Crippen LogP contribution in [0.3, 0.4) is 0 Å². The summed E-state index contributed by atoms with van der Waals surface area (Å²) in [5.74, 6) is -2.48. The number of hydrogen-bond donors (Lipinski definition) is 3. The molecule has 2 aromatic rings. The molecule has 116 valence electrons. The lowest BCUT2D eigenvalue weighted by Crippen LogP contribution is -2.22. The minimum absolute atomic E-state index is 0.0196. The maximum atomic E-state index is 12.2. The van der Waals surface area contributed by atoms with Gasteiger partial charge in [0.2, 0.25) is 0 Å². The van der Waals surface area contributed by atoms with Crippen LogP contribution in [0.4, 0.5) is 5.69 Å². The van der Waals surface area contributed by atoms with Gasteiger partial charge in [-0.3, -0.25) is 19.0 Å². The van der Waals surface area contributed by atoms with E-state index in [9.17, 15) is 14.4 Å². The second kappa shape index (κ2) is 5.68. The summed E-state index contributed by atoms with van der Waals surface area (Å²) in [6, 6.07) is 0. The highest BCUT2D eigenvalue weighted by Crippen LogP contribution is 2.15. The summed E-state index contributed by atoms with van der Waals surface area (Å²) in [7, 11) is 4.53. The SMILES string of the molecule is CNC(=O)c1nn(C)cc1NC(=O)c1nn(C)cc1C(=O)O. The number of aromatic carboxylic acids is 1. The monoisotopic (exact) mass is 306 g/mol. The Bertz CT molecular complexity index is 760. The molecule has 0 aliphatic rings. The van der Waals surface area contributed by atoms with Crippen LogP contribution in [0.1, 0.15) is 31.3 Å². The van der Waals surface area contributed by atoms with Gasteiger partial charge in [-0.2, -0.15) is 10.2 Å². The molecule has 0 atom stereocenters. The fourth-order valence-electron chi connectivity index (χ4n) is 1.86. The Kier molecular flexibility index (Phi) is 3.93. The van der Waals surface area contributed by atoms with E-state index in [0.717, 1.165) is 0 Å². The highest BCUT2D eigenvalue weighted by atomic mass is 16.4. The van der Waals surface area contributed by atoms with Crippen LogP contribution in [0.25, 0.3) is 0 Å². The van der Waals surface area contributed by atoms with Crippen molar-refractivity contribution in [2.75, 3.05) is 12.4 Å². The molecule has 10 heteroatoms. The molecule has 2 aromatic heterocycles. The minimum Gasteiger partial charge on any atom is -0.478 e. The zero-order chi connectivity index (χ0) is 16.4. The summed E-state index contributed by atoms with van der Waals surface area (Å²) >= 11 is 0. The van der Waals surface area contributed by atoms with Crippen LogP contribution in [0, 0.1) is 0 Å². The Morgan fingerprint density at radius 3 is 2.23 bits per heavy atom. The zero-order valence-corrected chi connectivity index (χ0v) is 12.1. The normalized spacial score (nSPS) is 10.3. The van der Waals surface area contributed by atoms with Crippen LogP contribution in [0.5, 0.6) is 0 Å². The highest BCUT2D eigenvalue weighted by molar-refractivity contribution is 6.11. The molecule has 22 heavy (non-hydrogen) atoms. The number of carbonyl (C=O) groups is 3. The van der Waals surface area contributed by atoms with E-state index in [-0.39, 0.29) is 22.6 Å². The van der Waals surface area contributed by atoms with Gasteiger partial charge in [-0.15, -0.1) is 0 Å². The van der Waals surface area contributed by atoms with Gasteiger partial charge in [0.15, 0.2) is 11.4 Å². The molecule has 0 saturated carbocycles. The first-order valence-electron chi connectivity index (χ1n) is 6.17. The summed E-state index contributed by atoms with van der Waals surface area (Å²) in [5.41, 5.74) is -0.299. The van der Waals surface area contributed by atoms with E-state index in [1.807, 2.05) is 0 Å². The van der Waals surface area contributed by atoms with Crippen molar-refractivity contribution in [3.8, 4) is 0 Å². The highest BCUT2D eigenvalue weighted by Gasteiger charge is 2.23. The first kappa shape index (κ1) is 15.2. The molecule has 0 bridgehead atoms. The van der Waals surface area contributed by atoms with Crippen molar-refractivity contribution in [1.82, 2.24) is 24.9 Å². The molecule has 0 aliphatic carbocycles. The van der Waals surface area contributed by atoms with Crippen molar-refractivity contribution >= 4 is 23.5 Å². The van der Waals surface area contributed by atoms with Crippen molar-refractivity contribution in [2.24, 2.45) is 14.1 Å². The molecule has 0 aliphatic heterocycles.